The quantitative estimate of drug-likeness (QED) is 0.711. The van der Waals surface area contributed by atoms with Crippen molar-refractivity contribution in [2.45, 2.75) is 58.5 Å². The van der Waals surface area contributed by atoms with Gasteiger partial charge in [-0.3, -0.25) is 5.10 Å². The molecule has 0 aliphatic rings. The average Bonchev–Trinajstić information content (AvgIpc) is 2.71. The first kappa shape index (κ1) is 14.2. The Hall–Kier alpha value is -0.870. The summed E-state index contributed by atoms with van der Waals surface area (Å²) < 4.78 is 0. The number of rotatable bonds is 6. The number of hydrogen-bond acceptors (Lipinski definition) is 3. The van der Waals surface area contributed by atoms with E-state index in [2.05, 4.69) is 43.2 Å². The van der Waals surface area contributed by atoms with Gasteiger partial charge in [-0.2, -0.15) is 5.10 Å². The Kier molecular flexibility index (Phi) is 5.15. The first-order valence-corrected chi connectivity index (χ1v) is 6.32. The molecule has 1 heterocycles. The molecule has 0 saturated carbocycles. The van der Waals surface area contributed by atoms with E-state index in [9.17, 15) is 0 Å². The lowest BCUT2D eigenvalue weighted by atomic mass is 9.89. The number of nitrogens with one attached hydrogen (secondary N) is 2. The molecule has 1 aromatic rings. The lowest BCUT2D eigenvalue weighted by molar-refractivity contribution is 0.276. The molecule has 1 rings (SSSR count). The number of aromatic amines is 1. The van der Waals surface area contributed by atoms with E-state index in [4.69, 9.17) is 5.11 Å². The monoisotopic (exact) mass is 239 g/mol. The summed E-state index contributed by atoms with van der Waals surface area (Å²) in [5.41, 5.74) is 2.52. The summed E-state index contributed by atoms with van der Waals surface area (Å²) in [4.78, 5) is 0. The molecule has 0 spiro atoms. The lowest BCUT2D eigenvalue weighted by Gasteiger charge is -2.19. The predicted molar refractivity (Wildman–Crippen MR) is 69.9 cm³/mol. The highest BCUT2D eigenvalue weighted by atomic mass is 16.2. The van der Waals surface area contributed by atoms with Crippen LogP contribution in [0.2, 0.25) is 0 Å². The van der Waals surface area contributed by atoms with E-state index in [0.717, 1.165) is 19.4 Å². The second-order valence-corrected chi connectivity index (χ2v) is 5.67. The second-order valence-electron chi connectivity index (χ2n) is 5.67. The highest BCUT2D eigenvalue weighted by molar-refractivity contribution is 5.23. The Morgan fingerprint density at radius 3 is 2.76 bits per heavy atom. The maximum Gasteiger partial charge on any atom is 0.0535 e. The van der Waals surface area contributed by atoms with Gasteiger partial charge in [0.25, 0.3) is 0 Å². The van der Waals surface area contributed by atoms with Crippen LogP contribution in [0, 0.1) is 0 Å². The second kappa shape index (κ2) is 6.17. The zero-order valence-electron chi connectivity index (χ0n) is 11.4. The van der Waals surface area contributed by atoms with Gasteiger partial charge in [-0.25, -0.2) is 0 Å². The summed E-state index contributed by atoms with van der Waals surface area (Å²) in [6, 6.07) is 0.421. The molecule has 0 aliphatic heterocycles. The SMILES string of the molecule is CC(CCCO)NCc1cn[nH]c1C(C)(C)C. The topological polar surface area (TPSA) is 60.9 Å². The Labute approximate surface area is 104 Å². The van der Waals surface area contributed by atoms with Crippen molar-refractivity contribution in [1.82, 2.24) is 15.5 Å². The third-order valence-electron chi connectivity index (χ3n) is 2.90. The molecule has 0 aromatic carbocycles. The molecule has 17 heavy (non-hydrogen) atoms. The first-order chi connectivity index (χ1) is 7.95. The van der Waals surface area contributed by atoms with E-state index < -0.39 is 0 Å². The maximum absolute atomic E-state index is 8.78. The summed E-state index contributed by atoms with van der Waals surface area (Å²) in [6.45, 7) is 9.78. The van der Waals surface area contributed by atoms with Gasteiger partial charge in [0.15, 0.2) is 0 Å². The molecular formula is C13H25N3O. The van der Waals surface area contributed by atoms with Crippen molar-refractivity contribution >= 4 is 0 Å². The fraction of sp³-hybridized carbons (Fsp3) is 0.769. The Bertz CT molecular complexity index is 328. The number of aromatic nitrogens is 2. The van der Waals surface area contributed by atoms with Gasteiger partial charge in [-0.15, -0.1) is 0 Å². The van der Waals surface area contributed by atoms with Gasteiger partial charge in [0, 0.05) is 35.9 Å². The summed E-state index contributed by atoms with van der Waals surface area (Å²) in [7, 11) is 0. The Morgan fingerprint density at radius 1 is 1.47 bits per heavy atom. The average molecular weight is 239 g/mol. The molecule has 0 radical (unpaired) electrons. The standard InChI is InChI=1S/C13H25N3O/c1-10(6-5-7-17)14-8-11-9-15-16-12(11)13(2,3)4/h9-10,14,17H,5-8H2,1-4H3,(H,15,16). The van der Waals surface area contributed by atoms with Crippen LogP contribution in [-0.2, 0) is 12.0 Å². The molecule has 98 valence electrons. The third kappa shape index (κ3) is 4.48. The van der Waals surface area contributed by atoms with E-state index in [1.807, 2.05) is 6.20 Å². The molecule has 0 saturated heterocycles. The zero-order valence-corrected chi connectivity index (χ0v) is 11.4. The van der Waals surface area contributed by atoms with Crippen LogP contribution in [0.4, 0.5) is 0 Å². The normalized spacial score (nSPS) is 13.9. The molecule has 3 N–H and O–H groups in total. The van der Waals surface area contributed by atoms with E-state index in [-0.39, 0.29) is 12.0 Å². The van der Waals surface area contributed by atoms with Crippen LogP contribution >= 0.6 is 0 Å². The summed E-state index contributed by atoms with van der Waals surface area (Å²) in [5.74, 6) is 0. The van der Waals surface area contributed by atoms with Crippen LogP contribution in [0.15, 0.2) is 6.20 Å². The van der Waals surface area contributed by atoms with Gasteiger partial charge in [-0.05, 0) is 19.8 Å². The van der Waals surface area contributed by atoms with Gasteiger partial charge >= 0.3 is 0 Å². The van der Waals surface area contributed by atoms with Crippen LogP contribution in [0.3, 0.4) is 0 Å². The third-order valence-corrected chi connectivity index (χ3v) is 2.90. The van der Waals surface area contributed by atoms with Crippen molar-refractivity contribution in [3.63, 3.8) is 0 Å². The molecule has 0 aliphatic carbocycles. The van der Waals surface area contributed by atoms with Crippen LogP contribution in [0.25, 0.3) is 0 Å². The van der Waals surface area contributed by atoms with Gasteiger partial charge in [0.05, 0.1) is 6.20 Å². The molecular weight excluding hydrogens is 214 g/mol. The number of nitrogens with zero attached hydrogens (tertiary/aromatic N) is 1. The maximum atomic E-state index is 8.78. The van der Waals surface area contributed by atoms with E-state index in [0.29, 0.717) is 6.04 Å². The summed E-state index contributed by atoms with van der Waals surface area (Å²) >= 11 is 0. The highest BCUT2D eigenvalue weighted by Gasteiger charge is 2.19. The summed E-state index contributed by atoms with van der Waals surface area (Å²) in [6.07, 6.45) is 3.75. The fourth-order valence-electron chi connectivity index (χ4n) is 1.88. The molecule has 1 aromatic heterocycles. The van der Waals surface area contributed by atoms with E-state index in [1.54, 1.807) is 0 Å². The van der Waals surface area contributed by atoms with Crippen molar-refractivity contribution in [2.75, 3.05) is 6.61 Å². The first-order valence-electron chi connectivity index (χ1n) is 6.32. The zero-order chi connectivity index (χ0) is 12.9. The van der Waals surface area contributed by atoms with Gasteiger partial charge in [-0.1, -0.05) is 20.8 Å². The number of aliphatic hydroxyl groups is 1. The van der Waals surface area contributed by atoms with Crippen molar-refractivity contribution in [1.29, 1.82) is 0 Å². The lowest BCUT2D eigenvalue weighted by Crippen LogP contribution is -2.27. The highest BCUT2D eigenvalue weighted by Crippen LogP contribution is 2.23. The minimum absolute atomic E-state index is 0.0991. The van der Waals surface area contributed by atoms with Crippen molar-refractivity contribution in [3.05, 3.63) is 17.5 Å². The Balaban J connectivity index is 2.50. The van der Waals surface area contributed by atoms with E-state index >= 15 is 0 Å². The smallest absolute Gasteiger partial charge is 0.0535 e. The minimum Gasteiger partial charge on any atom is -0.396 e. The van der Waals surface area contributed by atoms with E-state index in [1.165, 1.54) is 11.3 Å². The van der Waals surface area contributed by atoms with Gasteiger partial charge < -0.3 is 10.4 Å². The molecule has 4 heteroatoms. The van der Waals surface area contributed by atoms with Crippen LogP contribution in [-0.4, -0.2) is 28.0 Å². The number of aliphatic hydroxyl groups excluding tert-OH is 1. The van der Waals surface area contributed by atoms with Crippen molar-refractivity contribution in [3.8, 4) is 0 Å². The van der Waals surface area contributed by atoms with Crippen LogP contribution < -0.4 is 5.32 Å². The van der Waals surface area contributed by atoms with Crippen LogP contribution in [0.1, 0.15) is 51.8 Å². The molecule has 4 nitrogen and oxygen atoms in total. The van der Waals surface area contributed by atoms with Gasteiger partial charge in [0.1, 0.15) is 0 Å². The fourth-order valence-corrected chi connectivity index (χ4v) is 1.88. The minimum atomic E-state index is 0.0991. The molecule has 0 bridgehead atoms. The largest absolute Gasteiger partial charge is 0.396 e. The predicted octanol–water partition coefficient (Wildman–Crippen LogP) is 1.96. The molecule has 1 atom stereocenters. The number of H-pyrrole nitrogens is 1. The molecule has 1 unspecified atom stereocenters. The van der Waals surface area contributed by atoms with Crippen molar-refractivity contribution in [2.24, 2.45) is 0 Å². The summed E-state index contributed by atoms with van der Waals surface area (Å²) in [5, 5.41) is 19.4. The Morgan fingerprint density at radius 2 is 2.18 bits per heavy atom. The van der Waals surface area contributed by atoms with Crippen molar-refractivity contribution < 1.29 is 5.11 Å². The van der Waals surface area contributed by atoms with Crippen LogP contribution in [0.5, 0.6) is 0 Å². The molecule has 0 fully saturated rings. The van der Waals surface area contributed by atoms with Gasteiger partial charge in [0.2, 0.25) is 0 Å². The number of hydrogen-bond donors (Lipinski definition) is 3. The molecule has 0 amide bonds.